The van der Waals surface area contributed by atoms with Crippen molar-refractivity contribution >= 4 is 15.7 Å². The summed E-state index contributed by atoms with van der Waals surface area (Å²) < 4.78 is 36.5. The van der Waals surface area contributed by atoms with E-state index in [9.17, 15) is 8.42 Å². The molecule has 6 nitrogen and oxygen atoms in total. The fourth-order valence-corrected chi connectivity index (χ4v) is 2.60. The molecule has 0 unspecified atom stereocenters. The Balaban J connectivity index is 2.64. The van der Waals surface area contributed by atoms with E-state index >= 15 is 0 Å². The number of hydrogen-bond donors (Lipinski definition) is 2. The van der Waals surface area contributed by atoms with Crippen molar-refractivity contribution in [1.82, 2.24) is 4.72 Å². The standard InChI is InChI=1S/C12H20N2O4S/c1-3-18-8-4-7-14-19(15,16)10-5-6-12(17-2)11(13)9-10/h5-6,9,14H,3-4,7-8,13H2,1-2H3. The molecule has 0 atom stereocenters. The minimum Gasteiger partial charge on any atom is -0.495 e. The molecule has 108 valence electrons. The molecular formula is C12H20N2O4S. The molecule has 0 saturated carbocycles. The molecule has 19 heavy (non-hydrogen) atoms. The van der Waals surface area contributed by atoms with E-state index in [2.05, 4.69) is 4.72 Å². The van der Waals surface area contributed by atoms with Gasteiger partial charge in [0.2, 0.25) is 10.0 Å². The van der Waals surface area contributed by atoms with Gasteiger partial charge in [-0.25, -0.2) is 13.1 Å². The van der Waals surface area contributed by atoms with Crippen LogP contribution in [0.15, 0.2) is 23.1 Å². The van der Waals surface area contributed by atoms with Gasteiger partial charge in [-0.1, -0.05) is 0 Å². The van der Waals surface area contributed by atoms with E-state index in [0.29, 0.717) is 37.6 Å². The minimum atomic E-state index is -3.54. The van der Waals surface area contributed by atoms with Gasteiger partial charge in [-0.2, -0.15) is 0 Å². The van der Waals surface area contributed by atoms with E-state index in [-0.39, 0.29) is 4.90 Å². The maximum absolute atomic E-state index is 12.0. The van der Waals surface area contributed by atoms with Crippen LogP contribution in [0.2, 0.25) is 0 Å². The number of nitrogens with one attached hydrogen (secondary N) is 1. The van der Waals surface area contributed by atoms with Crippen molar-refractivity contribution in [3.05, 3.63) is 18.2 Å². The molecule has 0 saturated heterocycles. The smallest absolute Gasteiger partial charge is 0.240 e. The highest BCUT2D eigenvalue weighted by molar-refractivity contribution is 7.89. The van der Waals surface area contributed by atoms with E-state index in [0.717, 1.165) is 0 Å². The average molecular weight is 288 g/mol. The molecule has 1 aromatic rings. The molecule has 0 radical (unpaired) electrons. The number of methoxy groups -OCH3 is 1. The predicted molar refractivity (Wildman–Crippen MR) is 73.7 cm³/mol. The summed E-state index contributed by atoms with van der Waals surface area (Å²) >= 11 is 0. The van der Waals surface area contributed by atoms with Crippen LogP contribution in [0, 0.1) is 0 Å². The van der Waals surface area contributed by atoms with Crippen LogP contribution in [-0.2, 0) is 14.8 Å². The van der Waals surface area contributed by atoms with Gasteiger partial charge in [0.1, 0.15) is 5.75 Å². The lowest BCUT2D eigenvalue weighted by atomic mass is 10.3. The Labute approximate surface area is 113 Å². The Morgan fingerprint density at radius 1 is 1.37 bits per heavy atom. The predicted octanol–water partition coefficient (Wildman–Crippen LogP) is 0.982. The van der Waals surface area contributed by atoms with E-state index in [1.165, 1.54) is 25.3 Å². The zero-order valence-corrected chi connectivity index (χ0v) is 12.0. The van der Waals surface area contributed by atoms with Gasteiger partial charge in [-0.05, 0) is 31.5 Å². The number of nitrogen functional groups attached to an aromatic ring is 1. The zero-order chi connectivity index (χ0) is 14.3. The first kappa shape index (κ1) is 15.7. The van der Waals surface area contributed by atoms with Crippen LogP contribution in [0.5, 0.6) is 5.75 Å². The number of ether oxygens (including phenoxy) is 2. The van der Waals surface area contributed by atoms with E-state index < -0.39 is 10.0 Å². The van der Waals surface area contributed by atoms with Gasteiger partial charge in [-0.15, -0.1) is 0 Å². The third kappa shape index (κ3) is 4.70. The van der Waals surface area contributed by atoms with Crippen molar-refractivity contribution in [2.45, 2.75) is 18.2 Å². The van der Waals surface area contributed by atoms with Crippen molar-refractivity contribution in [3.8, 4) is 5.75 Å². The van der Waals surface area contributed by atoms with Gasteiger partial charge in [0, 0.05) is 19.8 Å². The second-order valence-electron chi connectivity index (χ2n) is 3.85. The Morgan fingerprint density at radius 2 is 2.11 bits per heavy atom. The molecule has 7 heteroatoms. The summed E-state index contributed by atoms with van der Waals surface area (Å²) in [5.74, 6) is 0.454. The Kier molecular flexibility index (Phi) is 6.07. The topological polar surface area (TPSA) is 90.6 Å². The van der Waals surface area contributed by atoms with Crippen molar-refractivity contribution in [3.63, 3.8) is 0 Å². The third-order valence-electron chi connectivity index (χ3n) is 2.47. The first-order chi connectivity index (χ1) is 9.01. The summed E-state index contributed by atoms with van der Waals surface area (Å²) in [5, 5.41) is 0. The molecule has 0 aromatic heterocycles. The lowest BCUT2D eigenvalue weighted by Gasteiger charge is -2.09. The third-order valence-corrected chi connectivity index (χ3v) is 3.93. The molecule has 3 N–H and O–H groups in total. The van der Waals surface area contributed by atoms with Crippen molar-refractivity contribution in [2.24, 2.45) is 0 Å². The lowest BCUT2D eigenvalue weighted by molar-refractivity contribution is 0.146. The summed E-state index contributed by atoms with van der Waals surface area (Å²) in [6.07, 6.45) is 0.624. The average Bonchev–Trinajstić information content (AvgIpc) is 2.38. The van der Waals surface area contributed by atoms with Gasteiger partial charge in [0.05, 0.1) is 17.7 Å². The van der Waals surface area contributed by atoms with Crippen molar-refractivity contribution < 1.29 is 17.9 Å². The van der Waals surface area contributed by atoms with Gasteiger partial charge >= 0.3 is 0 Å². The van der Waals surface area contributed by atoms with Crippen LogP contribution in [0.3, 0.4) is 0 Å². The number of rotatable bonds is 8. The maximum Gasteiger partial charge on any atom is 0.240 e. The van der Waals surface area contributed by atoms with Gasteiger partial charge < -0.3 is 15.2 Å². The largest absolute Gasteiger partial charge is 0.495 e. The van der Waals surface area contributed by atoms with Gasteiger partial charge in [0.25, 0.3) is 0 Å². The molecule has 0 bridgehead atoms. The Morgan fingerprint density at radius 3 is 2.68 bits per heavy atom. The van der Waals surface area contributed by atoms with Crippen LogP contribution in [0.1, 0.15) is 13.3 Å². The Bertz CT molecular complexity index is 502. The quantitative estimate of drug-likeness (QED) is 0.550. The minimum absolute atomic E-state index is 0.127. The Hall–Kier alpha value is -1.31. The van der Waals surface area contributed by atoms with Crippen LogP contribution in [0.4, 0.5) is 5.69 Å². The molecule has 0 aliphatic heterocycles. The van der Waals surface area contributed by atoms with E-state index in [1.54, 1.807) is 0 Å². The lowest BCUT2D eigenvalue weighted by Crippen LogP contribution is -2.25. The number of anilines is 1. The van der Waals surface area contributed by atoms with Gasteiger partial charge in [-0.3, -0.25) is 0 Å². The number of nitrogens with two attached hydrogens (primary N) is 1. The van der Waals surface area contributed by atoms with E-state index in [4.69, 9.17) is 15.2 Å². The second-order valence-corrected chi connectivity index (χ2v) is 5.62. The molecule has 0 amide bonds. The highest BCUT2D eigenvalue weighted by atomic mass is 32.2. The number of sulfonamides is 1. The highest BCUT2D eigenvalue weighted by Crippen LogP contribution is 2.24. The van der Waals surface area contributed by atoms with Crippen molar-refractivity contribution in [1.29, 1.82) is 0 Å². The highest BCUT2D eigenvalue weighted by Gasteiger charge is 2.14. The van der Waals surface area contributed by atoms with Gasteiger partial charge in [0.15, 0.2) is 0 Å². The fourth-order valence-electron chi connectivity index (χ4n) is 1.49. The second kappa shape index (κ2) is 7.32. The summed E-state index contributed by atoms with van der Waals surface area (Å²) in [5.41, 5.74) is 5.98. The molecule has 0 aliphatic carbocycles. The van der Waals surface area contributed by atoms with Crippen LogP contribution < -0.4 is 15.2 Å². The summed E-state index contributed by atoms with van der Waals surface area (Å²) in [6.45, 7) is 3.38. The fraction of sp³-hybridized carbons (Fsp3) is 0.500. The first-order valence-corrected chi connectivity index (χ1v) is 7.50. The van der Waals surface area contributed by atoms with Crippen LogP contribution in [0.25, 0.3) is 0 Å². The molecule has 1 aromatic carbocycles. The van der Waals surface area contributed by atoms with Crippen LogP contribution in [-0.4, -0.2) is 35.3 Å². The van der Waals surface area contributed by atoms with E-state index in [1.807, 2.05) is 6.92 Å². The van der Waals surface area contributed by atoms with Crippen LogP contribution >= 0.6 is 0 Å². The summed E-state index contributed by atoms with van der Waals surface area (Å²) in [4.78, 5) is 0.127. The monoisotopic (exact) mass is 288 g/mol. The summed E-state index contributed by atoms with van der Waals surface area (Å²) in [7, 11) is -2.06. The number of hydrogen-bond acceptors (Lipinski definition) is 5. The van der Waals surface area contributed by atoms with Crippen molar-refractivity contribution in [2.75, 3.05) is 32.6 Å². The number of benzene rings is 1. The zero-order valence-electron chi connectivity index (χ0n) is 11.2. The SMILES string of the molecule is CCOCCCNS(=O)(=O)c1ccc(OC)c(N)c1. The molecule has 0 spiro atoms. The first-order valence-electron chi connectivity index (χ1n) is 6.02. The normalized spacial score (nSPS) is 11.5. The molecule has 0 fully saturated rings. The molecule has 0 aliphatic rings. The summed E-state index contributed by atoms with van der Waals surface area (Å²) in [6, 6.07) is 4.37. The molecular weight excluding hydrogens is 268 g/mol. The molecule has 0 heterocycles. The maximum atomic E-state index is 12.0. The molecule has 1 rings (SSSR count).